The van der Waals surface area contributed by atoms with Gasteiger partial charge in [0.25, 0.3) is 5.91 Å². The van der Waals surface area contributed by atoms with Crippen LogP contribution in [0.5, 0.6) is 0 Å². The number of hydrogen-bond acceptors (Lipinski definition) is 6. The van der Waals surface area contributed by atoms with Gasteiger partial charge in [-0.1, -0.05) is 17.3 Å². The number of sulfone groups is 1. The van der Waals surface area contributed by atoms with Crippen molar-refractivity contribution in [1.29, 1.82) is 0 Å². The fourth-order valence-electron chi connectivity index (χ4n) is 2.85. The molecule has 1 fully saturated rings. The van der Waals surface area contributed by atoms with E-state index in [0.717, 1.165) is 11.3 Å². The summed E-state index contributed by atoms with van der Waals surface area (Å²) in [5.74, 6) is -1.18. The first-order chi connectivity index (χ1) is 13.8. The molecule has 1 aliphatic rings. The van der Waals surface area contributed by atoms with Crippen LogP contribution in [0.1, 0.15) is 0 Å². The topological polar surface area (TPSA) is 98.0 Å². The van der Waals surface area contributed by atoms with E-state index in [1.807, 2.05) is 0 Å². The van der Waals surface area contributed by atoms with E-state index in [2.05, 4.69) is 10.9 Å². The molecule has 2 amide bonds. The van der Waals surface area contributed by atoms with Gasteiger partial charge in [-0.2, -0.15) is 4.99 Å². The van der Waals surface area contributed by atoms with E-state index < -0.39 is 39.0 Å². The number of carbonyl (C=O) groups is 2. The summed E-state index contributed by atoms with van der Waals surface area (Å²) in [5, 5.41) is 0. The second-order valence-electron chi connectivity index (χ2n) is 6.32. The average molecular weight is 439 g/mol. The molecule has 1 aromatic carbocycles. The van der Waals surface area contributed by atoms with Crippen LogP contribution < -0.4 is 4.80 Å². The Hall–Kier alpha value is -2.55. The minimum absolute atomic E-state index is 0.0833. The molecular weight excluding hydrogens is 421 g/mol. The third-order valence-electron chi connectivity index (χ3n) is 4.17. The van der Waals surface area contributed by atoms with E-state index in [0.29, 0.717) is 36.5 Å². The molecule has 2 aromatic rings. The molecule has 0 radical (unpaired) electrons. The number of terminal acetylenes is 1. The highest BCUT2D eigenvalue weighted by Crippen LogP contribution is 2.18. The number of nitrogens with zero attached hydrogens (tertiary/aromatic N) is 3. The minimum Gasteiger partial charge on any atom is -0.378 e. The van der Waals surface area contributed by atoms with Gasteiger partial charge in [0.2, 0.25) is 5.91 Å². The van der Waals surface area contributed by atoms with E-state index in [1.165, 1.54) is 27.7 Å². The Morgan fingerprint density at radius 3 is 2.69 bits per heavy atom. The van der Waals surface area contributed by atoms with Crippen molar-refractivity contribution in [2.24, 2.45) is 4.99 Å². The van der Waals surface area contributed by atoms with Crippen LogP contribution >= 0.6 is 11.3 Å². The summed E-state index contributed by atoms with van der Waals surface area (Å²) < 4.78 is 45.2. The number of ether oxygens (including phenoxy) is 1. The number of aromatic nitrogens is 1. The molecule has 0 saturated carbocycles. The van der Waals surface area contributed by atoms with Gasteiger partial charge in [0, 0.05) is 13.1 Å². The van der Waals surface area contributed by atoms with Gasteiger partial charge in [-0.05, 0) is 18.2 Å². The van der Waals surface area contributed by atoms with E-state index in [1.54, 1.807) is 0 Å². The molecule has 1 aliphatic heterocycles. The van der Waals surface area contributed by atoms with Crippen molar-refractivity contribution in [2.75, 3.05) is 37.8 Å². The monoisotopic (exact) mass is 439 g/mol. The van der Waals surface area contributed by atoms with Gasteiger partial charge in [0.1, 0.15) is 17.3 Å². The molecule has 0 unspecified atom stereocenters. The molecule has 11 heteroatoms. The van der Waals surface area contributed by atoms with Crippen LogP contribution in [0.4, 0.5) is 4.39 Å². The highest BCUT2D eigenvalue weighted by atomic mass is 32.2. The second-order valence-corrected chi connectivity index (χ2v) is 9.39. The van der Waals surface area contributed by atoms with Gasteiger partial charge in [-0.3, -0.25) is 9.59 Å². The van der Waals surface area contributed by atoms with Crippen molar-refractivity contribution in [1.82, 2.24) is 9.47 Å². The van der Waals surface area contributed by atoms with Crippen LogP contribution in [-0.2, 0) is 30.7 Å². The quantitative estimate of drug-likeness (QED) is 0.619. The first kappa shape index (κ1) is 21.2. The van der Waals surface area contributed by atoms with Crippen molar-refractivity contribution in [2.45, 2.75) is 6.54 Å². The molecule has 0 bridgehead atoms. The third kappa shape index (κ3) is 5.29. The molecule has 0 aliphatic carbocycles. The number of morpholine rings is 1. The maximum atomic E-state index is 13.5. The molecule has 154 valence electrons. The molecule has 0 N–H and O–H groups in total. The molecule has 3 rings (SSSR count). The number of amides is 2. The molecule has 0 atom stereocenters. The van der Waals surface area contributed by atoms with Gasteiger partial charge in [-0.15, -0.1) is 6.42 Å². The molecule has 8 nitrogen and oxygen atoms in total. The molecule has 1 saturated heterocycles. The first-order valence-corrected chi connectivity index (χ1v) is 11.3. The minimum atomic E-state index is -3.99. The smallest absolute Gasteiger partial charge is 0.263 e. The fourth-order valence-corrected chi connectivity index (χ4v) is 5.02. The predicted octanol–water partition coefficient (Wildman–Crippen LogP) is 0.176. The Bertz CT molecular complexity index is 1150. The zero-order valence-corrected chi connectivity index (χ0v) is 17.0. The number of halogens is 1. The number of thiazole rings is 1. The van der Waals surface area contributed by atoms with Crippen LogP contribution in [0.25, 0.3) is 10.2 Å². The van der Waals surface area contributed by atoms with Gasteiger partial charge in [0.05, 0.1) is 30.0 Å². The maximum absolute atomic E-state index is 13.5. The first-order valence-electron chi connectivity index (χ1n) is 8.65. The Morgan fingerprint density at radius 2 is 2.00 bits per heavy atom. The Kier molecular flexibility index (Phi) is 6.46. The van der Waals surface area contributed by atoms with Gasteiger partial charge >= 0.3 is 0 Å². The zero-order chi connectivity index (χ0) is 21.0. The zero-order valence-electron chi connectivity index (χ0n) is 15.3. The molecule has 0 spiro atoms. The molecular formula is C18H18FN3O5S2. The summed E-state index contributed by atoms with van der Waals surface area (Å²) >= 11 is 1.02. The summed E-state index contributed by atoms with van der Waals surface area (Å²) in [6.07, 6.45) is 5.35. The largest absolute Gasteiger partial charge is 0.378 e. The lowest BCUT2D eigenvalue weighted by Crippen LogP contribution is -2.43. The SMILES string of the molecule is C#CCn1c(=NC(=O)CS(=O)(=O)CC(=O)N2CCOCC2)sc2cc(F)ccc21. The van der Waals surface area contributed by atoms with Crippen molar-refractivity contribution >= 4 is 43.2 Å². The van der Waals surface area contributed by atoms with Crippen molar-refractivity contribution < 1.29 is 27.1 Å². The normalized spacial score (nSPS) is 15.4. The van der Waals surface area contributed by atoms with Crippen LogP contribution in [0.3, 0.4) is 0 Å². The highest BCUT2D eigenvalue weighted by molar-refractivity contribution is 7.92. The van der Waals surface area contributed by atoms with Gasteiger partial charge in [-0.25, -0.2) is 12.8 Å². The lowest BCUT2D eigenvalue weighted by molar-refractivity contribution is -0.132. The Morgan fingerprint density at radius 1 is 1.28 bits per heavy atom. The Labute approximate surface area is 170 Å². The van der Waals surface area contributed by atoms with Crippen LogP contribution in [0, 0.1) is 18.2 Å². The molecule has 1 aromatic heterocycles. The van der Waals surface area contributed by atoms with E-state index >= 15 is 0 Å². The average Bonchev–Trinajstić information content (AvgIpc) is 2.98. The summed E-state index contributed by atoms with van der Waals surface area (Å²) in [4.78, 5) is 29.8. The van der Waals surface area contributed by atoms with Crippen molar-refractivity contribution in [3.05, 3.63) is 28.8 Å². The third-order valence-corrected chi connectivity index (χ3v) is 6.58. The lowest BCUT2D eigenvalue weighted by Gasteiger charge is -2.26. The second kappa shape index (κ2) is 8.86. The van der Waals surface area contributed by atoms with Crippen molar-refractivity contribution in [3.63, 3.8) is 0 Å². The summed E-state index contributed by atoms with van der Waals surface area (Å²) in [6, 6.07) is 4.06. The van der Waals surface area contributed by atoms with E-state index in [9.17, 15) is 22.4 Å². The number of carbonyl (C=O) groups excluding carboxylic acids is 2. The summed E-state index contributed by atoms with van der Waals surface area (Å²) in [6.45, 7) is 1.41. The molecule has 29 heavy (non-hydrogen) atoms. The van der Waals surface area contributed by atoms with Gasteiger partial charge < -0.3 is 14.2 Å². The number of rotatable bonds is 5. The standard InChI is InChI=1S/C18H18FN3O5S2/c1-2-5-22-14-4-3-13(19)10-15(14)28-18(22)20-16(23)11-29(25,26)12-17(24)21-6-8-27-9-7-21/h1,3-4,10H,5-9,11-12H2. The number of hydrogen-bond donors (Lipinski definition) is 0. The molecule has 2 heterocycles. The maximum Gasteiger partial charge on any atom is 0.263 e. The lowest BCUT2D eigenvalue weighted by atomic mass is 10.3. The van der Waals surface area contributed by atoms with E-state index in [4.69, 9.17) is 11.2 Å². The highest BCUT2D eigenvalue weighted by Gasteiger charge is 2.25. The van der Waals surface area contributed by atoms with E-state index in [-0.39, 0.29) is 11.3 Å². The Balaban J connectivity index is 1.80. The van der Waals surface area contributed by atoms with Crippen molar-refractivity contribution in [3.8, 4) is 12.3 Å². The predicted molar refractivity (Wildman–Crippen MR) is 105 cm³/mol. The van der Waals surface area contributed by atoms with Crippen LogP contribution in [-0.4, -0.2) is 67.5 Å². The number of fused-ring (bicyclic) bond motifs is 1. The number of benzene rings is 1. The fraction of sp³-hybridized carbons (Fsp3) is 0.389. The van der Waals surface area contributed by atoms with Crippen LogP contribution in [0.2, 0.25) is 0 Å². The van der Waals surface area contributed by atoms with Crippen LogP contribution in [0.15, 0.2) is 23.2 Å². The summed E-state index contributed by atoms with van der Waals surface area (Å²) in [7, 11) is -3.99. The summed E-state index contributed by atoms with van der Waals surface area (Å²) in [5.41, 5.74) is 0.589. The van der Waals surface area contributed by atoms with Gasteiger partial charge in [0.15, 0.2) is 14.6 Å².